The zero-order valence-electron chi connectivity index (χ0n) is 52.5. The van der Waals surface area contributed by atoms with Crippen molar-refractivity contribution in [3.63, 3.8) is 0 Å². The lowest BCUT2D eigenvalue weighted by atomic mass is 10.0. The molecule has 0 spiro atoms. The number of aliphatic hydroxyl groups excluding tert-OH is 2. The number of ether oxygens (including phenoxy) is 1. The van der Waals surface area contributed by atoms with E-state index in [0.29, 0.717) is 25.9 Å². The molecule has 0 aliphatic rings. The van der Waals surface area contributed by atoms with Crippen LogP contribution in [-0.4, -0.2) is 47.4 Å². The number of hydrogen-bond donors (Lipinski definition) is 3. The summed E-state index contributed by atoms with van der Waals surface area (Å²) < 4.78 is 5.50. The van der Waals surface area contributed by atoms with Crippen LogP contribution in [0.3, 0.4) is 0 Å². The van der Waals surface area contributed by atoms with E-state index in [1.165, 1.54) is 308 Å². The highest BCUT2D eigenvalue weighted by molar-refractivity contribution is 5.76. The van der Waals surface area contributed by atoms with Gasteiger partial charge < -0.3 is 20.3 Å². The predicted molar refractivity (Wildman–Crippen MR) is 338 cm³/mol. The van der Waals surface area contributed by atoms with E-state index in [1.54, 1.807) is 0 Å². The Morgan fingerprint density at radius 2 is 0.610 bits per heavy atom. The van der Waals surface area contributed by atoms with Crippen LogP contribution < -0.4 is 5.32 Å². The van der Waals surface area contributed by atoms with Crippen molar-refractivity contribution in [1.29, 1.82) is 0 Å². The predicted octanol–water partition coefficient (Wildman–Crippen LogP) is 22.8. The highest BCUT2D eigenvalue weighted by Gasteiger charge is 2.20. The minimum absolute atomic E-state index is 0.00358. The molecule has 3 N–H and O–H groups in total. The molecule has 0 rings (SSSR count). The van der Waals surface area contributed by atoms with Crippen molar-refractivity contribution < 1.29 is 24.5 Å². The molecule has 0 aromatic carbocycles. The SMILES string of the molecule is CCCCCCCCCCCCCCCCCCCCCCCCCCCC(O)C(CO)NC(=O)CCCCCCC/C=C\CCCCCCCCCOC(=O)CCCCCCCCCCCCCCCCCCCCC. The van der Waals surface area contributed by atoms with Gasteiger partial charge in [0.15, 0.2) is 0 Å². The van der Waals surface area contributed by atoms with E-state index in [-0.39, 0.29) is 18.5 Å². The smallest absolute Gasteiger partial charge is 0.305 e. The van der Waals surface area contributed by atoms with Gasteiger partial charge in [-0.2, -0.15) is 0 Å². The first-order valence-electron chi connectivity index (χ1n) is 35.4. The maximum Gasteiger partial charge on any atom is 0.305 e. The summed E-state index contributed by atoms with van der Waals surface area (Å²) in [6, 6.07) is -0.555. The molecule has 0 aliphatic heterocycles. The second-order valence-corrected chi connectivity index (χ2v) is 24.6. The molecule has 0 aromatic heterocycles. The lowest BCUT2D eigenvalue weighted by Crippen LogP contribution is -2.45. The Bertz CT molecular complexity index is 1160. The molecule has 0 bridgehead atoms. The summed E-state index contributed by atoms with van der Waals surface area (Å²) in [6.07, 6.45) is 82.5. The lowest BCUT2D eigenvalue weighted by Gasteiger charge is -2.22. The molecule has 6 nitrogen and oxygen atoms in total. The summed E-state index contributed by atoms with van der Waals surface area (Å²) in [5, 5.41) is 23.4. The van der Waals surface area contributed by atoms with Gasteiger partial charge in [0.2, 0.25) is 5.91 Å². The van der Waals surface area contributed by atoms with E-state index in [4.69, 9.17) is 4.74 Å². The topological polar surface area (TPSA) is 95.9 Å². The van der Waals surface area contributed by atoms with Gasteiger partial charge in [0, 0.05) is 12.8 Å². The number of carbonyl (C=O) groups is 2. The number of amides is 1. The van der Waals surface area contributed by atoms with Gasteiger partial charge in [0.1, 0.15) is 0 Å². The highest BCUT2D eigenvalue weighted by Crippen LogP contribution is 2.19. The van der Waals surface area contributed by atoms with Crippen molar-refractivity contribution in [1.82, 2.24) is 5.32 Å². The maximum atomic E-state index is 12.5. The van der Waals surface area contributed by atoms with Crippen molar-refractivity contribution in [2.24, 2.45) is 0 Å². The van der Waals surface area contributed by atoms with Crippen LogP contribution in [0, 0.1) is 0 Å². The summed E-state index contributed by atoms with van der Waals surface area (Å²) in [5.74, 6) is -0.0430. The van der Waals surface area contributed by atoms with E-state index < -0.39 is 12.1 Å². The Hall–Kier alpha value is -1.40. The van der Waals surface area contributed by atoms with Gasteiger partial charge in [-0.25, -0.2) is 0 Å². The summed E-state index contributed by atoms with van der Waals surface area (Å²) in [6.45, 7) is 4.98. The van der Waals surface area contributed by atoms with Gasteiger partial charge in [-0.05, 0) is 51.4 Å². The number of allylic oxidation sites excluding steroid dienone is 2. The second-order valence-electron chi connectivity index (χ2n) is 24.6. The second kappa shape index (κ2) is 67.1. The third-order valence-electron chi connectivity index (χ3n) is 16.8. The summed E-state index contributed by atoms with van der Waals surface area (Å²) in [5.41, 5.74) is 0. The largest absolute Gasteiger partial charge is 0.466 e. The fourth-order valence-corrected chi connectivity index (χ4v) is 11.4. The molecule has 6 heteroatoms. The van der Waals surface area contributed by atoms with Gasteiger partial charge in [-0.1, -0.05) is 353 Å². The van der Waals surface area contributed by atoms with Crippen molar-refractivity contribution >= 4 is 11.9 Å². The Morgan fingerprint density at radius 1 is 0.351 bits per heavy atom. The number of hydrogen-bond acceptors (Lipinski definition) is 5. The first kappa shape index (κ1) is 75.6. The van der Waals surface area contributed by atoms with Crippen LogP contribution in [0.25, 0.3) is 0 Å². The van der Waals surface area contributed by atoms with Gasteiger partial charge in [-0.15, -0.1) is 0 Å². The van der Waals surface area contributed by atoms with Crippen LogP contribution in [0.2, 0.25) is 0 Å². The fraction of sp³-hybridized carbons (Fsp3) is 0.944. The van der Waals surface area contributed by atoms with Gasteiger partial charge in [0.25, 0.3) is 0 Å². The number of unbranched alkanes of at least 4 members (excludes halogenated alkanes) is 54. The van der Waals surface area contributed by atoms with Crippen LogP contribution in [0.5, 0.6) is 0 Å². The minimum Gasteiger partial charge on any atom is -0.466 e. The number of aliphatic hydroxyl groups is 2. The van der Waals surface area contributed by atoms with Crippen LogP contribution >= 0.6 is 0 Å². The maximum absolute atomic E-state index is 12.5. The molecular formula is C71H139NO5. The van der Waals surface area contributed by atoms with Crippen molar-refractivity contribution in [2.75, 3.05) is 13.2 Å². The molecule has 0 aromatic rings. The molecule has 77 heavy (non-hydrogen) atoms. The van der Waals surface area contributed by atoms with Crippen molar-refractivity contribution in [3.8, 4) is 0 Å². The Balaban J connectivity index is 3.42. The number of esters is 1. The monoisotopic (exact) mass is 1090 g/mol. The van der Waals surface area contributed by atoms with Crippen LogP contribution in [-0.2, 0) is 14.3 Å². The normalized spacial score (nSPS) is 12.5. The zero-order valence-corrected chi connectivity index (χ0v) is 52.5. The van der Waals surface area contributed by atoms with E-state index in [0.717, 1.165) is 64.2 Å². The Labute approximate surface area is 482 Å². The number of carbonyl (C=O) groups excluding carboxylic acids is 2. The van der Waals surface area contributed by atoms with E-state index >= 15 is 0 Å². The number of nitrogens with one attached hydrogen (secondary N) is 1. The molecule has 1 amide bonds. The highest BCUT2D eigenvalue weighted by atomic mass is 16.5. The minimum atomic E-state index is -0.676. The average Bonchev–Trinajstić information content (AvgIpc) is 3.43. The van der Waals surface area contributed by atoms with Crippen LogP contribution in [0.15, 0.2) is 12.2 Å². The number of rotatable bonds is 67. The standard InChI is InChI=1S/C71H139NO5/c1-3-5-7-9-11-13-15-17-19-21-23-24-25-26-27-28-30-31-35-39-43-47-51-55-59-63-69(74)68(67-73)72-70(75)64-60-56-52-48-44-40-36-33-34-38-42-46-50-54-58-62-66-77-71(76)65-61-57-53-49-45-41-37-32-29-22-20-18-16-14-12-10-8-6-4-2/h33,36,68-69,73-74H,3-32,34-35,37-67H2,1-2H3,(H,72,75)/b36-33-. The Kier molecular flexibility index (Phi) is 65.9. The molecule has 0 radical (unpaired) electrons. The van der Waals surface area contributed by atoms with E-state index in [1.807, 2.05) is 0 Å². The molecule has 2 atom stereocenters. The molecule has 458 valence electrons. The third-order valence-corrected chi connectivity index (χ3v) is 16.8. The first-order valence-corrected chi connectivity index (χ1v) is 35.4. The van der Waals surface area contributed by atoms with Crippen molar-refractivity contribution in [2.45, 2.75) is 418 Å². The van der Waals surface area contributed by atoms with Gasteiger partial charge in [0.05, 0.1) is 25.4 Å². The molecule has 0 heterocycles. The summed E-state index contributed by atoms with van der Waals surface area (Å²) >= 11 is 0. The molecule has 0 saturated heterocycles. The summed E-state index contributed by atoms with van der Waals surface area (Å²) in [4.78, 5) is 24.7. The van der Waals surface area contributed by atoms with Crippen LogP contribution in [0.1, 0.15) is 406 Å². The molecular weight excluding hydrogens is 947 g/mol. The third kappa shape index (κ3) is 63.6. The van der Waals surface area contributed by atoms with E-state index in [2.05, 4.69) is 31.3 Å². The van der Waals surface area contributed by atoms with Crippen molar-refractivity contribution in [3.05, 3.63) is 12.2 Å². The average molecular weight is 1090 g/mol. The quantitative estimate of drug-likeness (QED) is 0.0320. The molecule has 0 saturated carbocycles. The lowest BCUT2D eigenvalue weighted by molar-refractivity contribution is -0.143. The summed E-state index contributed by atoms with van der Waals surface area (Å²) in [7, 11) is 0. The van der Waals surface area contributed by atoms with Gasteiger partial charge in [-0.3, -0.25) is 9.59 Å². The molecule has 0 fully saturated rings. The first-order chi connectivity index (χ1) is 38.0. The van der Waals surface area contributed by atoms with Crippen LogP contribution in [0.4, 0.5) is 0 Å². The zero-order chi connectivity index (χ0) is 55.7. The fourth-order valence-electron chi connectivity index (χ4n) is 11.4. The van der Waals surface area contributed by atoms with E-state index in [9.17, 15) is 19.8 Å². The van der Waals surface area contributed by atoms with Gasteiger partial charge >= 0.3 is 5.97 Å². The molecule has 0 aliphatic carbocycles. The Morgan fingerprint density at radius 3 is 0.922 bits per heavy atom. The molecule has 2 unspecified atom stereocenters.